The van der Waals surface area contributed by atoms with Gasteiger partial charge in [-0.25, -0.2) is 4.79 Å². The highest BCUT2D eigenvalue weighted by atomic mass is 79.9. The smallest absolute Gasteiger partial charge is 0.338 e. The predicted octanol–water partition coefficient (Wildman–Crippen LogP) is 3.15. The second kappa shape index (κ2) is 7.50. The fraction of sp³-hybridized carbons (Fsp3) is 0.0667. The van der Waals surface area contributed by atoms with Crippen molar-refractivity contribution < 1.29 is 19.2 Å². The van der Waals surface area contributed by atoms with Crippen LogP contribution in [-0.2, 0) is 9.53 Å². The molecular formula is C15H11BrN2O5. The minimum atomic E-state index is -0.731. The first-order valence-electron chi connectivity index (χ1n) is 6.43. The number of nitrogens with one attached hydrogen (secondary N) is 1. The molecule has 2 aromatic rings. The molecule has 0 aromatic heterocycles. The lowest BCUT2D eigenvalue weighted by Crippen LogP contribution is -2.20. The van der Waals surface area contributed by atoms with Crippen molar-refractivity contribution in [1.29, 1.82) is 0 Å². The standard InChI is InChI=1S/C15H11BrN2O5/c16-11-3-5-12(6-4-11)17-14(19)9-23-15(20)10-1-7-13(8-2-10)18(21)22/h1-8H,9H2,(H,17,19). The average Bonchev–Trinajstić information content (AvgIpc) is 2.55. The van der Waals surface area contributed by atoms with Crippen molar-refractivity contribution in [3.05, 3.63) is 68.7 Å². The highest BCUT2D eigenvalue weighted by Gasteiger charge is 2.12. The maximum atomic E-state index is 11.7. The summed E-state index contributed by atoms with van der Waals surface area (Å²) in [7, 11) is 0. The maximum Gasteiger partial charge on any atom is 0.338 e. The SMILES string of the molecule is O=C(COC(=O)c1ccc([N+](=O)[O-])cc1)Nc1ccc(Br)cc1. The quantitative estimate of drug-likeness (QED) is 0.489. The molecule has 2 rings (SSSR count). The summed E-state index contributed by atoms with van der Waals surface area (Å²) in [5.74, 6) is -1.21. The lowest BCUT2D eigenvalue weighted by molar-refractivity contribution is -0.384. The van der Waals surface area contributed by atoms with E-state index in [9.17, 15) is 19.7 Å². The summed E-state index contributed by atoms with van der Waals surface area (Å²) in [4.78, 5) is 33.4. The Morgan fingerprint density at radius 2 is 1.70 bits per heavy atom. The van der Waals surface area contributed by atoms with Crippen LogP contribution in [0.2, 0.25) is 0 Å². The summed E-state index contributed by atoms with van der Waals surface area (Å²) >= 11 is 3.28. The Morgan fingerprint density at radius 3 is 2.26 bits per heavy atom. The Balaban J connectivity index is 1.87. The van der Waals surface area contributed by atoms with Gasteiger partial charge in [-0.05, 0) is 36.4 Å². The van der Waals surface area contributed by atoms with Crippen LogP contribution in [0.25, 0.3) is 0 Å². The highest BCUT2D eigenvalue weighted by molar-refractivity contribution is 9.10. The molecule has 0 atom stereocenters. The number of nitro benzene ring substituents is 1. The van der Waals surface area contributed by atoms with Gasteiger partial charge in [0.1, 0.15) is 0 Å². The predicted molar refractivity (Wildman–Crippen MR) is 86.2 cm³/mol. The summed E-state index contributed by atoms with van der Waals surface area (Å²) in [6.07, 6.45) is 0. The first-order valence-corrected chi connectivity index (χ1v) is 7.22. The third-order valence-corrected chi connectivity index (χ3v) is 3.30. The number of benzene rings is 2. The van der Waals surface area contributed by atoms with Gasteiger partial charge in [0.2, 0.25) is 0 Å². The van der Waals surface area contributed by atoms with Gasteiger partial charge in [0.05, 0.1) is 10.5 Å². The molecule has 0 saturated carbocycles. The van der Waals surface area contributed by atoms with Gasteiger partial charge in [-0.2, -0.15) is 0 Å². The highest BCUT2D eigenvalue weighted by Crippen LogP contribution is 2.14. The van der Waals surface area contributed by atoms with Crippen LogP contribution in [0.15, 0.2) is 53.0 Å². The van der Waals surface area contributed by atoms with E-state index in [1.54, 1.807) is 24.3 Å². The molecule has 0 aliphatic rings. The molecule has 8 heteroatoms. The number of ether oxygens (including phenoxy) is 1. The van der Waals surface area contributed by atoms with Gasteiger partial charge in [-0.3, -0.25) is 14.9 Å². The number of hydrogen-bond acceptors (Lipinski definition) is 5. The van der Waals surface area contributed by atoms with Crippen molar-refractivity contribution >= 4 is 39.2 Å². The van der Waals surface area contributed by atoms with E-state index in [1.807, 2.05) is 0 Å². The van der Waals surface area contributed by atoms with E-state index in [2.05, 4.69) is 21.2 Å². The average molecular weight is 379 g/mol. The van der Waals surface area contributed by atoms with Gasteiger partial charge in [0.25, 0.3) is 11.6 Å². The summed E-state index contributed by atoms with van der Waals surface area (Å²) in [6, 6.07) is 11.8. The Morgan fingerprint density at radius 1 is 1.09 bits per heavy atom. The Kier molecular flexibility index (Phi) is 5.42. The van der Waals surface area contributed by atoms with E-state index in [0.29, 0.717) is 5.69 Å². The van der Waals surface area contributed by atoms with Gasteiger partial charge in [-0.15, -0.1) is 0 Å². The van der Waals surface area contributed by atoms with Gasteiger partial charge >= 0.3 is 5.97 Å². The fourth-order valence-electron chi connectivity index (χ4n) is 1.66. The second-order valence-electron chi connectivity index (χ2n) is 4.44. The van der Waals surface area contributed by atoms with Crippen LogP contribution in [0, 0.1) is 10.1 Å². The molecule has 0 radical (unpaired) electrons. The first kappa shape index (κ1) is 16.6. The summed E-state index contributed by atoms with van der Waals surface area (Å²) in [6.45, 7) is -0.452. The van der Waals surface area contributed by atoms with Gasteiger partial charge < -0.3 is 10.1 Å². The van der Waals surface area contributed by atoms with Crippen molar-refractivity contribution in [2.45, 2.75) is 0 Å². The van der Waals surface area contributed by atoms with E-state index in [4.69, 9.17) is 4.74 Å². The van der Waals surface area contributed by atoms with Gasteiger partial charge in [-0.1, -0.05) is 15.9 Å². The molecule has 0 aliphatic carbocycles. The number of esters is 1. The summed E-state index contributed by atoms with van der Waals surface area (Å²) in [5, 5.41) is 13.1. The van der Waals surface area contributed by atoms with Crippen LogP contribution < -0.4 is 5.32 Å². The van der Waals surface area contributed by atoms with Crippen molar-refractivity contribution in [3.8, 4) is 0 Å². The van der Waals surface area contributed by atoms with E-state index in [1.165, 1.54) is 24.3 Å². The van der Waals surface area contributed by atoms with Crippen molar-refractivity contribution in [1.82, 2.24) is 0 Å². The summed E-state index contributed by atoms with van der Waals surface area (Å²) < 4.78 is 5.73. The fourth-order valence-corrected chi connectivity index (χ4v) is 1.93. The molecular weight excluding hydrogens is 368 g/mol. The van der Waals surface area contributed by atoms with Crippen LogP contribution in [-0.4, -0.2) is 23.4 Å². The van der Waals surface area contributed by atoms with Crippen molar-refractivity contribution in [2.24, 2.45) is 0 Å². The maximum absolute atomic E-state index is 11.7. The number of amides is 1. The molecule has 0 bridgehead atoms. The zero-order valence-electron chi connectivity index (χ0n) is 11.7. The van der Waals surface area contributed by atoms with Crippen molar-refractivity contribution in [2.75, 3.05) is 11.9 Å². The number of halogens is 1. The zero-order chi connectivity index (χ0) is 16.8. The number of anilines is 1. The number of nitro groups is 1. The molecule has 0 saturated heterocycles. The molecule has 0 aliphatic heterocycles. The Labute approximate surface area is 139 Å². The number of carbonyl (C=O) groups excluding carboxylic acids is 2. The van der Waals surface area contributed by atoms with Crippen LogP contribution >= 0.6 is 15.9 Å². The van der Waals surface area contributed by atoms with Crippen LogP contribution in [0.4, 0.5) is 11.4 Å². The molecule has 0 heterocycles. The van der Waals surface area contributed by atoms with Crippen LogP contribution in [0.3, 0.4) is 0 Å². The minimum Gasteiger partial charge on any atom is -0.452 e. The molecule has 0 unspecified atom stereocenters. The topological polar surface area (TPSA) is 98.5 Å². The lowest BCUT2D eigenvalue weighted by Gasteiger charge is -2.06. The third kappa shape index (κ3) is 4.89. The monoisotopic (exact) mass is 378 g/mol. The molecule has 7 nitrogen and oxygen atoms in total. The number of hydrogen-bond donors (Lipinski definition) is 1. The minimum absolute atomic E-state index is 0.130. The summed E-state index contributed by atoms with van der Waals surface area (Å²) in [5.41, 5.74) is 0.575. The number of rotatable bonds is 5. The normalized spacial score (nSPS) is 9.96. The largest absolute Gasteiger partial charge is 0.452 e. The molecule has 23 heavy (non-hydrogen) atoms. The number of nitrogens with zero attached hydrogens (tertiary/aromatic N) is 1. The molecule has 2 aromatic carbocycles. The van der Waals surface area contributed by atoms with Crippen molar-refractivity contribution in [3.63, 3.8) is 0 Å². The van der Waals surface area contributed by atoms with Gasteiger partial charge in [0, 0.05) is 22.3 Å². The molecule has 1 N–H and O–H groups in total. The second-order valence-corrected chi connectivity index (χ2v) is 5.35. The first-order chi connectivity index (χ1) is 11.0. The lowest BCUT2D eigenvalue weighted by atomic mass is 10.2. The van der Waals surface area contributed by atoms with E-state index >= 15 is 0 Å². The van der Waals surface area contributed by atoms with Gasteiger partial charge in [0.15, 0.2) is 6.61 Å². The zero-order valence-corrected chi connectivity index (χ0v) is 13.3. The molecule has 0 spiro atoms. The van der Waals surface area contributed by atoms with E-state index in [-0.39, 0.29) is 11.3 Å². The number of non-ortho nitro benzene ring substituents is 1. The van der Waals surface area contributed by atoms with E-state index < -0.39 is 23.4 Å². The number of carbonyl (C=O) groups is 2. The van der Waals surface area contributed by atoms with E-state index in [0.717, 1.165) is 4.47 Å². The molecule has 1 amide bonds. The Hall–Kier alpha value is -2.74. The third-order valence-electron chi connectivity index (χ3n) is 2.78. The molecule has 118 valence electrons. The molecule has 0 fully saturated rings. The Bertz CT molecular complexity index is 729. The van der Waals surface area contributed by atoms with Crippen LogP contribution in [0.5, 0.6) is 0 Å². The van der Waals surface area contributed by atoms with Crippen LogP contribution in [0.1, 0.15) is 10.4 Å².